The van der Waals surface area contributed by atoms with E-state index in [0.717, 1.165) is 38.5 Å². The van der Waals surface area contributed by atoms with Crippen LogP contribution in [0.3, 0.4) is 0 Å². The van der Waals surface area contributed by atoms with E-state index in [4.69, 9.17) is 4.74 Å². The van der Waals surface area contributed by atoms with Crippen molar-refractivity contribution in [2.24, 2.45) is 11.8 Å². The number of ether oxygens (including phenoxy) is 1. The van der Waals surface area contributed by atoms with Gasteiger partial charge in [-0.2, -0.15) is 0 Å². The van der Waals surface area contributed by atoms with E-state index in [9.17, 15) is 0 Å². The standard InChI is InChI=1S/C18H29NO/c1-14(2)12-19-13-15(3)8-9-18-17-7-5-4-6-16(17)10-11-20-18/h4-7,14-15,18-19H,8-13H2,1-3H3. The highest BCUT2D eigenvalue weighted by atomic mass is 16.5. The Morgan fingerprint density at radius 2 is 2.00 bits per heavy atom. The first-order valence-corrected chi connectivity index (χ1v) is 8.07. The van der Waals surface area contributed by atoms with Gasteiger partial charge in [0.2, 0.25) is 0 Å². The number of fused-ring (bicyclic) bond motifs is 1. The molecule has 1 aromatic carbocycles. The van der Waals surface area contributed by atoms with Crippen molar-refractivity contribution < 1.29 is 4.74 Å². The molecule has 2 unspecified atom stereocenters. The van der Waals surface area contributed by atoms with Crippen molar-refractivity contribution in [3.63, 3.8) is 0 Å². The Morgan fingerprint density at radius 3 is 2.80 bits per heavy atom. The highest BCUT2D eigenvalue weighted by Crippen LogP contribution is 2.31. The predicted molar refractivity (Wildman–Crippen MR) is 84.9 cm³/mol. The Bertz CT molecular complexity index is 402. The van der Waals surface area contributed by atoms with Crippen molar-refractivity contribution in [3.8, 4) is 0 Å². The average Bonchev–Trinajstić information content (AvgIpc) is 2.44. The van der Waals surface area contributed by atoms with Crippen LogP contribution in [-0.2, 0) is 11.2 Å². The van der Waals surface area contributed by atoms with Crippen molar-refractivity contribution in [3.05, 3.63) is 35.4 Å². The fourth-order valence-electron chi connectivity index (χ4n) is 2.87. The van der Waals surface area contributed by atoms with Crippen molar-refractivity contribution in [1.82, 2.24) is 5.32 Å². The minimum Gasteiger partial charge on any atom is -0.373 e. The largest absolute Gasteiger partial charge is 0.373 e. The second-order valence-electron chi connectivity index (χ2n) is 6.54. The van der Waals surface area contributed by atoms with Gasteiger partial charge in [-0.1, -0.05) is 45.0 Å². The van der Waals surface area contributed by atoms with Gasteiger partial charge in [0.05, 0.1) is 12.7 Å². The maximum Gasteiger partial charge on any atom is 0.0827 e. The summed E-state index contributed by atoms with van der Waals surface area (Å²) in [5.74, 6) is 1.45. The highest BCUT2D eigenvalue weighted by Gasteiger charge is 2.20. The van der Waals surface area contributed by atoms with Crippen LogP contribution < -0.4 is 5.32 Å². The summed E-state index contributed by atoms with van der Waals surface area (Å²) in [6, 6.07) is 8.76. The minimum atomic E-state index is 0.312. The second-order valence-corrected chi connectivity index (χ2v) is 6.54. The molecule has 0 aliphatic carbocycles. The predicted octanol–water partition coefficient (Wildman–Crippen LogP) is 3.96. The first-order chi connectivity index (χ1) is 9.66. The quantitative estimate of drug-likeness (QED) is 0.813. The van der Waals surface area contributed by atoms with E-state index in [1.165, 1.54) is 17.5 Å². The van der Waals surface area contributed by atoms with Crippen LogP contribution in [0.2, 0.25) is 0 Å². The number of rotatable bonds is 7. The molecule has 0 radical (unpaired) electrons. The molecule has 0 saturated heterocycles. The summed E-state index contributed by atoms with van der Waals surface area (Å²) in [7, 11) is 0. The molecule has 0 fully saturated rings. The molecule has 2 atom stereocenters. The molecule has 0 spiro atoms. The van der Waals surface area contributed by atoms with Crippen molar-refractivity contribution in [2.45, 2.75) is 46.1 Å². The van der Waals surface area contributed by atoms with Gasteiger partial charge in [-0.3, -0.25) is 0 Å². The van der Waals surface area contributed by atoms with Gasteiger partial charge in [-0.15, -0.1) is 0 Å². The normalized spacial score (nSPS) is 19.9. The van der Waals surface area contributed by atoms with Gasteiger partial charge in [-0.25, -0.2) is 0 Å². The average molecular weight is 275 g/mol. The molecule has 2 rings (SSSR count). The summed E-state index contributed by atoms with van der Waals surface area (Å²) in [5, 5.41) is 3.55. The van der Waals surface area contributed by atoms with Gasteiger partial charge in [-0.05, 0) is 55.3 Å². The van der Waals surface area contributed by atoms with E-state index in [2.05, 4.69) is 50.4 Å². The molecule has 1 aromatic rings. The lowest BCUT2D eigenvalue weighted by Crippen LogP contribution is -2.25. The van der Waals surface area contributed by atoms with Gasteiger partial charge < -0.3 is 10.1 Å². The van der Waals surface area contributed by atoms with Crippen LogP contribution in [0.5, 0.6) is 0 Å². The minimum absolute atomic E-state index is 0.312. The Balaban J connectivity index is 1.77. The van der Waals surface area contributed by atoms with E-state index in [1.54, 1.807) is 0 Å². The Labute approximate surface area is 123 Å². The van der Waals surface area contributed by atoms with E-state index < -0.39 is 0 Å². The Morgan fingerprint density at radius 1 is 1.20 bits per heavy atom. The highest BCUT2D eigenvalue weighted by molar-refractivity contribution is 5.30. The Hall–Kier alpha value is -0.860. The van der Waals surface area contributed by atoms with E-state index in [-0.39, 0.29) is 0 Å². The first-order valence-electron chi connectivity index (χ1n) is 8.07. The van der Waals surface area contributed by atoms with Gasteiger partial charge in [0.15, 0.2) is 0 Å². The fraction of sp³-hybridized carbons (Fsp3) is 0.667. The van der Waals surface area contributed by atoms with E-state index in [0.29, 0.717) is 12.0 Å². The smallest absolute Gasteiger partial charge is 0.0827 e. The summed E-state index contributed by atoms with van der Waals surface area (Å²) in [4.78, 5) is 0. The van der Waals surface area contributed by atoms with E-state index >= 15 is 0 Å². The van der Waals surface area contributed by atoms with Crippen LogP contribution in [0.25, 0.3) is 0 Å². The summed E-state index contributed by atoms with van der Waals surface area (Å²) in [5.41, 5.74) is 2.90. The topological polar surface area (TPSA) is 21.3 Å². The second kappa shape index (κ2) is 7.80. The lowest BCUT2D eigenvalue weighted by atomic mass is 9.92. The van der Waals surface area contributed by atoms with Crippen molar-refractivity contribution >= 4 is 0 Å². The van der Waals surface area contributed by atoms with E-state index in [1.807, 2.05) is 0 Å². The van der Waals surface area contributed by atoms with Gasteiger partial charge in [0.1, 0.15) is 0 Å². The zero-order valence-corrected chi connectivity index (χ0v) is 13.2. The third-order valence-corrected chi connectivity index (χ3v) is 4.06. The van der Waals surface area contributed by atoms with Crippen LogP contribution in [0, 0.1) is 11.8 Å². The van der Waals surface area contributed by atoms with Crippen LogP contribution >= 0.6 is 0 Å². The molecule has 1 aliphatic rings. The molecule has 0 saturated carbocycles. The van der Waals surface area contributed by atoms with Crippen LogP contribution in [0.4, 0.5) is 0 Å². The summed E-state index contributed by atoms with van der Waals surface area (Å²) in [6.45, 7) is 9.96. The molecule has 2 heteroatoms. The van der Waals surface area contributed by atoms with Gasteiger partial charge >= 0.3 is 0 Å². The summed E-state index contributed by atoms with van der Waals surface area (Å²) >= 11 is 0. The fourth-order valence-corrected chi connectivity index (χ4v) is 2.87. The molecule has 0 aromatic heterocycles. The maximum atomic E-state index is 5.98. The number of benzene rings is 1. The SMILES string of the molecule is CC(C)CNCC(C)CCC1OCCc2ccccc21. The first kappa shape index (κ1) is 15.5. The van der Waals surface area contributed by atoms with Crippen LogP contribution in [-0.4, -0.2) is 19.7 Å². The van der Waals surface area contributed by atoms with Gasteiger partial charge in [0, 0.05) is 0 Å². The lowest BCUT2D eigenvalue weighted by Gasteiger charge is -2.27. The van der Waals surface area contributed by atoms with Gasteiger partial charge in [0.25, 0.3) is 0 Å². The zero-order valence-electron chi connectivity index (χ0n) is 13.2. The molecule has 1 heterocycles. The Kier molecular flexibility index (Phi) is 6.06. The zero-order chi connectivity index (χ0) is 14.4. The number of hydrogen-bond donors (Lipinski definition) is 1. The van der Waals surface area contributed by atoms with Crippen LogP contribution in [0.1, 0.15) is 50.8 Å². The molecule has 2 nitrogen and oxygen atoms in total. The molecule has 0 amide bonds. The molecule has 20 heavy (non-hydrogen) atoms. The molecule has 0 bridgehead atoms. The third kappa shape index (κ3) is 4.60. The van der Waals surface area contributed by atoms with Crippen molar-refractivity contribution in [2.75, 3.05) is 19.7 Å². The van der Waals surface area contributed by atoms with Crippen LogP contribution in [0.15, 0.2) is 24.3 Å². The maximum absolute atomic E-state index is 5.98. The molecular formula is C18H29NO. The summed E-state index contributed by atoms with van der Waals surface area (Å²) < 4.78 is 5.98. The number of hydrogen-bond acceptors (Lipinski definition) is 2. The summed E-state index contributed by atoms with van der Waals surface area (Å²) in [6.07, 6.45) is 3.75. The molecule has 1 aliphatic heterocycles. The monoisotopic (exact) mass is 275 g/mol. The van der Waals surface area contributed by atoms with Crippen molar-refractivity contribution in [1.29, 1.82) is 0 Å². The lowest BCUT2D eigenvalue weighted by molar-refractivity contribution is 0.0326. The molecular weight excluding hydrogens is 246 g/mol. The number of nitrogens with one attached hydrogen (secondary N) is 1. The molecule has 112 valence electrons. The molecule has 1 N–H and O–H groups in total. The third-order valence-electron chi connectivity index (χ3n) is 4.06.